The molecule has 2 rings (SSSR count). The lowest BCUT2D eigenvalue weighted by molar-refractivity contribution is 0.0995. The Morgan fingerprint density at radius 3 is 2.89 bits per heavy atom. The maximum atomic E-state index is 11.2. The van der Waals surface area contributed by atoms with E-state index in [1.165, 1.54) is 0 Å². The molecule has 2 aromatic heterocycles. The quantitative estimate of drug-likeness (QED) is 0.897. The Labute approximate surface area is 115 Å². The highest BCUT2D eigenvalue weighted by Gasteiger charge is 2.19. The first kappa shape index (κ1) is 13.4. The van der Waals surface area contributed by atoms with E-state index >= 15 is 0 Å². The second kappa shape index (κ2) is 5.27. The lowest BCUT2D eigenvalue weighted by Gasteiger charge is -2.08. The van der Waals surface area contributed by atoms with Crippen molar-refractivity contribution in [2.45, 2.75) is 20.4 Å². The maximum Gasteiger partial charge on any atom is 0.270 e. The fourth-order valence-electron chi connectivity index (χ4n) is 1.67. The van der Waals surface area contributed by atoms with Crippen molar-refractivity contribution < 1.29 is 4.79 Å². The standard InChI is InChI=1S/C12H14ClN5O/c1-3-18-12(9(13)10(17-18)11(14)19)16-8-6-7(2)4-5-15-8/h4-6H,3H2,1-2H3,(H2,14,19)(H,15,16). The Hall–Kier alpha value is -2.08. The van der Waals surface area contributed by atoms with Gasteiger partial charge in [-0.1, -0.05) is 11.6 Å². The van der Waals surface area contributed by atoms with E-state index in [2.05, 4.69) is 15.4 Å². The van der Waals surface area contributed by atoms with Gasteiger partial charge in [-0.05, 0) is 31.5 Å². The van der Waals surface area contributed by atoms with Crippen molar-refractivity contribution in [1.82, 2.24) is 14.8 Å². The number of carbonyl (C=O) groups excluding carboxylic acids is 1. The van der Waals surface area contributed by atoms with Gasteiger partial charge in [-0.25, -0.2) is 9.67 Å². The van der Waals surface area contributed by atoms with E-state index in [1.807, 2.05) is 26.0 Å². The van der Waals surface area contributed by atoms with E-state index in [9.17, 15) is 4.79 Å². The lowest BCUT2D eigenvalue weighted by Crippen LogP contribution is -2.12. The number of amides is 1. The van der Waals surface area contributed by atoms with Crippen LogP contribution >= 0.6 is 11.6 Å². The van der Waals surface area contributed by atoms with Gasteiger partial charge in [0.25, 0.3) is 5.91 Å². The molecule has 0 unspecified atom stereocenters. The molecule has 0 bridgehead atoms. The molecule has 0 aliphatic rings. The summed E-state index contributed by atoms with van der Waals surface area (Å²) in [7, 11) is 0. The Morgan fingerprint density at radius 1 is 1.58 bits per heavy atom. The van der Waals surface area contributed by atoms with Gasteiger partial charge in [0.1, 0.15) is 16.7 Å². The van der Waals surface area contributed by atoms with Crippen molar-refractivity contribution in [3.05, 3.63) is 34.6 Å². The van der Waals surface area contributed by atoms with Crippen LogP contribution in [0.25, 0.3) is 0 Å². The Balaban J connectivity index is 2.41. The van der Waals surface area contributed by atoms with Crippen LogP contribution in [0, 0.1) is 6.92 Å². The smallest absolute Gasteiger partial charge is 0.270 e. The highest BCUT2D eigenvalue weighted by atomic mass is 35.5. The van der Waals surface area contributed by atoms with Gasteiger partial charge in [0, 0.05) is 12.7 Å². The number of nitrogens with two attached hydrogens (primary N) is 1. The number of anilines is 2. The molecule has 0 atom stereocenters. The summed E-state index contributed by atoms with van der Waals surface area (Å²) in [5.41, 5.74) is 6.34. The van der Waals surface area contributed by atoms with Crippen LogP contribution in [0.3, 0.4) is 0 Å². The number of hydrogen-bond acceptors (Lipinski definition) is 4. The number of carbonyl (C=O) groups is 1. The zero-order valence-electron chi connectivity index (χ0n) is 10.6. The van der Waals surface area contributed by atoms with Crippen molar-refractivity contribution in [1.29, 1.82) is 0 Å². The second-order valence-corrected chi connectivity index (χ2v) is 4.41. The highest BCUT2D eigenvalue weighted by Crippen LogP contribution is 2.28. The predicted octanol–water partition coefficient (Wildman–Crippen LogP) is 2.10. The van der Waals surface area contributed by atoms with Gasteiger partial charge in [0.05, 0.1) is 0 Å². The average Bonchev–Trinajstić information content (AvgIpc) is 2.67. The van der Waals surface area contributed by atoms with Crippen molar-refractivity contribution in [3.8, 4) is 0 Å². The third kappa shape index (κ3) is 2.68. The molecule has 2 heterocycles. The zero-order chi connectivity index (χ0) is 14.0. The van der Waals surface area contributed by atoms with Gasteiger partial charge >= 0.3 is 0 Å². The summed E-state index contributed by atoms with van der Waals surface area (Å²) in [5, 5.41) is 7.33. The first-order chi connectivity index (χ1) is 9.02. The van der Waals surface area contributed by atoms with Gasteiger partial charge in [-0.3, -0.25) is 4.79 Å². The first-order valence-electron chi connectivity index (χ1n) is 5.78. The predicted molar refractivity (Wildman–Crippen MR) is 73.7 cm³/mol. The summed E-state index contributed by atoms with van der Waals surface area (Å²) >= 11 is 6.12. The second-order valence-electron chi connectivity index (χ2n) is 4.03. The Morgan fingerprint density at radius 2 is 2.32 bits per heavy atom. The van der Waals surface area contributed by atoms with Crippen LogP contribution < -0.4 is 11.1 Å². The SMILES string of the molecule is CCn1nc(C(N)=O)c(Cl)c1Nc1cc(C)ccn1. The molecule has 0 aromatic carbocycles. The molecule has 0 fully saturated rings. The van der Waals surface area contributed by atoms with Crippen molar-refractivity contribution >= 4 is 29.1 Å². The van der Waals surface area contributed by atoms with E-state index in [1.54, 1.807) is 10.9 Å². The molecule has 0 aliphatic heterocycles. The molecule has 19 heavy (non-hydrogen) atoms. The van der Waals surface area contributed by atoms with Crippen LogP contribution in [0.1, 0.15) is 23.0 Å². The third-order valence-corrected chi connectivity index (χ3v) is 2.95. The van der Waals surface area contributed by atoms with E-state index in [4.69, 9.17) is 17.3 Å². The van der Waals surface area contributed by atoms with E-state index in [-0.39, 0.29) is 10.7 Å². The number of aromatic nitrogens is 3. The molecule has 6 nitrogen and oxygen atoms in total. The van der Waals surface area contributed by atoms with Crippen LogP contribution in [0.2, 0.25) is 5.02 Å². The molecule has 0 saturated carbocycles. The van der Waals surface area contributed by atoms with Crippen LogP contribution in [0.5, 0.6) is 0 Å². The zero-order valence-corrected chi connectivity index (χ0v) is 11.4. The minimum Gasteiger partial charge on any atom is -0.364 e. The number of pyridine rings is 1. The molecule has 0 aliphatic carbocycles. The van der Waals surface area contributed by atoms with Crippen LogP contribution in [-0.2, 0) is 6.54 Å². The number of rotatable bonds is 4. The number of aryl methyl sites for hydroxylation is 2. The Kier molecular flexibility index (Phi) is 3.71. The molecular formula is C12H14ClN5O. The average molecular weight is 280 g/mol. The number of halogens is 1. The summed E-state index contributed by atoms with van der Waals surface area (Å²) in [6.07, 6.45) is 1.69. The lowest BCUT2D eigenvalue weighted by atomic mass is 10.3. The molecule has 7 heteroatoms. The van der Waals surface area contributed by atoms with Gasteiger partial charge in [-0.2, -0.15) is 5.10 Å². The van der Waals surface area contributed by atoms with Crippen LogP contribution in [0.15, 0.2) is 18.3 Å². The molecule has 100 valence electrons. The molecule has 1 amide bonds. The van der Waals surface area contributed by atoms with Crippen LogP contribution in [0.4, 0.5) is 11.6 Å². The van der Waals surface area contributed by atoms with Gasteiger partial charge in [0.15, 0.2) is 5.69 Å². The maximum absolute atomic E-state index is 11.2. The monoisotopic (exact) mass is 279 g/mol. The molecule has 0 spiro atoms. The number of primary amides is 1. The van der Waals surface area contributed by atoms with Crippen molar-refractivity contribution in [2.24, 2.45) is 5.73 Å². The van der Waals surface area contributed by atoms with E-state index in [0.717, 1.165) is 5.56 Å². The fourth-order valence-corrected chi connectivity index (χ4v) is 1.95. The summed E-state index contributed by atoms with van der Waals surface area (Å²) < 4.78 is 1.58. The van der Waals surface area contributed by atoms with Gasteiger partial charge in [-0.15, -0.1) is 0 Å². The third-order valence-electron chi connectivity index (χ3n) is 2.59. The summed E-state index contributed by atoms with van der Waals surface area (Å²) in [6, 6.07) is 3.76. The summed E-state index contributed by atoms with van der Waals surface area (Å²) in [4.78, 5) is 15.4. The normalized spacial score (nSPS) is 10.5. The number of nitrogens with one attached hydrogen (secondary N) is 1. The van der Waals surface area contributed by atoms with Gasteiger partial charge in [0.2, 0.25) is 0 Å². The number of hydrogen-bond donors (Lipinski definition) is 2. The van der Waals surface area contributed by atoms with Crippen molar-refractivity contribution in [2.75, 3.05) is 5.32 Å². The minimum absolute atomic E-state index is 0.0543. The highest BCUT2D eigenvalue weighted by molar-refractivity contribution is 6.36. The molecule has 0 saturated heterocycles. The molecular weight excluding hydrogens is 266 g/mol. The van der Waals surface area contributed by atoms with Crippen LogP contribution in [-0.4, -0.2) is 20.7 Å². The van der Waals surface area contributed by atoms with Crippen molar-refractivity contribution in [3.63, 3.8) is 0 Å². The number of nitrogens with zero attached hydrogens (tertiary/aromatic N) is 3. The fraction of sp³-hybridized carbons (Fsp3) is 0.250. The van der Waals surface area contributed by atoms with E-state index < -0.39 is 5.91 Å². The largest absolute Gasteiger partial charge is 0.364 e. The van der Waals surface area contributed by atoms with E-state index in [0.29, 0.717) is 18.2 Å². The summed E-state index contributed by atoms with van der Waals surface area (Å²) in [5.74, 6) is 0.487. The Bertz CT molecular complexity index is 623. The first-order valence-corrected chi connectivity index (χ1v) is 6.16. The molecule has 2 aromatic rings. The topological polar surface area (TPSA) is 85.8 Å². The summed E-state index contributed by atoms with van der Waals surface area (Å²) in [6.45, 7) is 4.41. The molecule has 0 radical (unpaired) electrons. The molecule has 3 N–H and O–H groups in total. The van der Waals surface area contributed by atoms with Gasteiger partial charge < -0.3 is 11.1 Å². The minimum atomic E-state index is -0.655.